The van der Waals surface area contributed by atoms with Gasteiger partial charge in [0.2, 0.25) is 0 Å². The Bertz CT molecular complexity index is 384. The third-order valence-corrected chi connectivity index (χ3v) is 3.16. The minimum atomic E-state index is 0.198. The fourth-order valence-corrected chi connectivity index (χ4v) is 1.93. The normalized spacial score (nSPS) is 11.3. The summed E-state index contributed by atoms with van der Waals surface area (Å²) in [5.41, 5.74) is 2.12. The van der Waals surface area contributed by atoms with Crippen molar-refractivity contribution < 1.29 is 4.79 Å². The van der Waals surface area contributed by atoms with Crippen LogP contribution in [-0.4, -0.2) is 56.4 Å². The molecule has 106 valence electrons. The van der Waals surface area contributed by atoms with E-state index in [4.69, 9.17) is 0 Å². The lowest BCUT2D eigenvalue weighted by Gasteiger charge is -2.18. The zero-order chi connectivity index (χ0) is 14.3. The van der Waals surface area contributed by atoms with E-state index in [-0.39, 0.29) is 5.78 Å². The van der Waals surface area contributed by atoms with Gasteiger partial charge in [0, 0.05) is 18.7 Å². The number of rotatable bonds is 8. The van der Waals surface area contributed by atoms with Gasteiger partial charge >= 0.3 is 0 Å². The first-order valence-electron chi connectivity index (χ1n) is 6.98. The van der Waals surface area contributed by atoms with Crippen LogP contribution in [0.25, 0.3) is 0 Å². The summed E-state index contributed by atoms with van der Waals surface area (Å²) in [7, 11) is 6.08. The zero-order valence-electron chi connectivity index (χ0n) is 12.6. The first-order valence-corrected chi connectivity index (χ1v) is 6.98. The number of ketones is 1. The number of Topliss-reactive ketones (excluding diaryl/α,β-unsaturated/α-hetero) is 1. The molecule has 0 saturated carbocycles. The number of nitrogens with zero attached hydrogens (tertiary/aromatic N) is 2. The van der Waals surface area contributed by atoms with Gasteiger partial charge in [-0.3, -0.25) is 9.69 Å². The largest absolute Gasteiger partial charge is 0.308 e. The van der Waals surface area contributed by atoms with Crippen molar-refractivity contribution in [2.45, 2.75) is 19.8 Å². The number of hydrogen-bond acceptors (Lipinski definition) is 3. The Morgan fingerprint density at radius 3 is 2.21 bits per heavy atom. The highest BCUT2D eigenvalue weighted by molar-refractivity contribution is 5.97. The molecule has 0 aliphatic carbocycles. The number of likely N-dealkylation sites (N-methyl/N-ethyl adjacent to an activating group) is 2. The van der Waals surface area contributed by atoms with Gasteiger partial charge in [-0.15, -0.1) is 0 Å². The molecule has 0 aliphatic rings. The molecule has 0 unspecified atom stereocenters. The van der Waals surface area contributed by atoms with E-state index in [2.05, 4.69) is 28.9 Å². The maximum absolute atomic E-state index is 12.1. The Morgan fingerprint density at radius 2 is 1.68 bits per heavy atom. The predicted octanol–water partition coefficient (Wildman–Crippen LogP) is 2.32. The lowest BCUT2D eigenvalue weighted by molar-refractivity contribution is 0.0942. The van der Waals surface area contributed by atoms with E-state index in [0.717, 1.165) is 31.5 Å². The molecule has 0 radical (unpaired) electrons. The van der Waals surface area contributed by atoms with Gasteiger partial charge in [-0.2, -0.15) is 0 Å². The molecule has 1 aromatic rings. The summed E-state index contributed by atoms with van der Waals surface area (Å²) >= 11 is 0. The summed E-state index contributed by atoms with van der Waals surface area (Å²) in [6.07, 6.45) is 2.22. The minimum Gasteiger partial charge on any atom is -0.308 e. The average molecular weight is 262 g/mol. The van der Waals surface area contributed by atoms with E-state index in [9.17, 15) is 4.79 Å². The minimum absolute atomic E-state index is 0.198. The molecule has 0 spiro atoms. The average Bonchev–Trinajstić information content (AvgIpc) is 2.37. The van der Waals surface area contributed by atoms with Gasteiger partial charge in [-0.05, 0) is 33.1 Å². The van der Waals surface area contributed by atoms with Crippen LogP contribution in [0.15, 0.2) is 24.3 Å². The molecule has 0 saturated heterocycles. The summed E-state index contributed by atoms with van der Waals surface area (Å²) in [4.78, 5) is 16.3. The van der Waals surface area contributed by atoms with Gasteiger partial charge in [0.25, 0.3) is 0 Å². The van der Waals surface area contributed by atoms with Crippen LogP contribution in [0.4, 0.5) is 0 Å². The highest BCUT2D eigenvalue weighted by Gasteiger charge is 2.09. The first kappa shape index (κ1) is 15.9. The molecule has 0 amide bonds. The molecule has 0 fully saturated rings. The van der Waals surface area contributed by atoms with Crippen LogP contribution in [0.5, 0.6) is 0 Å². The van der Waals surface area contributed by atoms with Gasteiger partial charge in [0.15, 0.2) is 5.78 Å². The number of carbonyl (C=O) groups excluding carboxylic acids is 1. The molecule has 19 heavy (non-hydrogen) atoms. The molecule has 0 aromatic heterocycles. The van der Waals surface area contributed by atoms with Crippen molar-refractivity contribution in [3.8, 4) is 0 Å². The SMILES string of the molecule is CCCc1ccc(C(=O)CN(C)CCN(C)C)cc1. The van der Waals surface area contributed by atoms with Crippen molar-refractivity contribution in [3.63, 3.8) is 0 Å². The molecule has 3 heteroatoms. The molecule has 0 N–H and O–H groups in total. The van der Waals surface area contributed by atoms with Gasteiger partial charge in [-0.1, -0.05) is 37.6 Å². The maximum atomic E-state index is 12.1. The topological polar surface area (TPSA) is 23.6 Å². The Labute approximate surface area is 117 Å². The Kier molecular flexibility index (Phi) is 6.74. The number of benzene rings is 1. The molecule has 1 rings (SSSR count). The summed E-state index contributed by atoms with van der Waals surface area (Å²) in [6, 6.07) is 8.04. The van der Waals surface area contributed by atoms with Crippen LogP contribution in [0.1, 0.15) is 29.3 Å². The van der Waals surface area contributed by atoms with Crippen LogP contribution in [-0.2, 0) is 6.42 Å². The summed E-state index contributed by atoms with van der Waals surface area (Å²) in [5, 5.41) is 0. The van der Waals surface area contributed by atoms with E-state index in [1.807, 2.05) is 33.3 Å². The van der Waals surface area contributed by atoms with Crippen molar-refractivity contribution in [1.29, 1.82) is 0 Å². The van der Waals surface area contributed by atoms with Crippen molar-refractivity contribution in [2.24, 2.45) is 0 Å². The zero-order valence-corrected chi connectivity index (χ0v) is 12.6. The van der Waals surface area contributed by atoms with E-state index < -0.39 is 0 Å². The van der Waals surface area contributed by atoms with E-state index in [1.54, 1.807) is 0 Å². The van der Waals surface area contributed by atoms with Crippen molar-refractivity contribution >= 4 is 5.78 Å². The fraction of sp³-hybridized carbons (Fsp3) is 0.562. The second-order valence-electron chi connectivity index (χ2n) is 5.41. The van der Waals surface area contributed by atoms with E-state index in [1.165, 1.54) is 5.56 Å². The van der Waals surface area contributed by atoms with Gasteiger partial charge < -0.3 is 4.90 Å². The Balaban J connectivity index is 2.48. The van der Waals surface area contributed by atoms with Gasteiger partial charge in [0.1, 0.15) is 0 Å². The number of aryl methyl sites for hydroxylation is 1. The quantitative estimate of drug-likeness (QED) is 0.672. The van der Waals surface area contributed by atoms with Crippen molar-refractivity contribution in [2.75, 3.05) is 40.8 Å². The molecule has 1 aromatic carbocycles. The van der Waals surface area contributed by atoms with Crippen molar-refractivity contribution in [3.05, 3.63) is 35.4 Å². The second kappa shape index (κ2) is 8.08. The predicted molar refractivity (Wildman–Crippen MR) is 80.8 cm³/mol. The molecule has 0 aliphatic heterocycles. The molecule has 0 bridgehead atoms. The fourth-order valence-electron chi connectivity index (χ4n) is 1.93. The van der Waals surface area contributed by atoms with Crippen LogP contribution >= 0.6 is 0 Å². The third kappa shape index (κ3) is 5.99. The Hall–Kier alpha value is -1.19. The molecule has 3 nitrogen and oxygen atoms in total. The molecular weight excluding hydrogens is 236 g/mol. The van der Waals surface area contributed by atoms with Crippen LogP contribution in [0, 0.1) is 0 Å². The smallest absolute Gasteiger partial charge is 0.176 e. The van der Waals surface area contributed by atoms with Gasteiger partial charge in [0.05, 0.1) is 6.54 Å². The third-order valence-electron chi connectivity index (χ3n) is 3.16. The number of carbonyl (C=O) groups is 1. The first-order chi connectivity index (χ1) is 9.02. The lowest BCUT2D eigenvalue weighted by Crippen LogP contribution is -2.32. The summed E-state index contributed by atoms with van der Waals surface area (Å²) in [5.74, 6) is 0.198. The number of hydrogen-bond donors (Lipinski definition) is 0. The summed E-state index contributed by atoms with van der Waals surface area (Å²) < 4.78 is 0. The molecular formula is C16H26N2O. The summed E-state index contributed by atoms with van der Waals surface area (Å²) in [6.45, 7) is 4.53. The highest BCUT2D eigenvalue weighted by atomic mass is 16.1. The molecule has 0 heterocycles. The van der Waals surface area contributed by atoms with E-state index in [0.29, 0.717) is 6.54 Å². The second-order valence-corrected chi connectivity index (χ2v) is 5.41. The van der Waals surface area contributed by atoms with Crippen molar-refractivity contribution in [1.82, 2.24) is 9.80 Å². The van der Waals surface area contributed by atoms with Crippen LogP contribution < -0.4 is 0 Å². The highest BCUT2D eigenvalue weighted by Crippen LogP contribution is 2.08. The lowest BCUT2D eigenvalue weighted by atomic mass is 10.1. The monoisotopic (exact) mass is 262 g/mol. The van der Waals surface area contributed by atoms with Crippen LogP contribution in [0.3, 0.4) is 0 Å². The Morgan fingerprint density at radius 1 is 1.05 bits per heavy atom. The van der Waals surface area contributed by atoms with Gasteiger partial charge in [-0.25, -0.2) is 0 Å². The maximum Gasteiger partial charge on any atom is 0.176 e. The molecule has 0 atom stereocenters. The van der Waals surface area contributed by atoms with E-state index >= 15 is 0 Å². The standard InChI is InChI=1S/C16H26N2O/c1-5-6-14-7-9-15(10-8-14)16(19)13-18(4)12-11-17(2)3/h7-10H,5-6,11-13H2,1-4H3. The van der Waals surface area contributed by atoms with Crippen LogP contribution in [0.2, 0.25) is 0 Å².